The first-order chi connectivity index (χ1) is 9.68. The first-order valence-electron chi connectivity index (χ1n) is 7.69. The second kappa shape index (κ2) is 7.43. The van der Waals surface area contributed by atoms with Crippen LogP contribution in [-0.2, 0) is 11.3 Å². The zero-order valence-electron chi connectivity index (χ0n) is 12.2. The number of amides is 1. The van der Waals surface area contributed by atoms with Gasteiger partial charge in [-0.1, -0.05) is 19.3 Å². The third-order valence-electron chi connectivity index (χ3n) is 4.09. The fourth-order valence-corrected chi connectivity index (χ4v) is 2.88. The molecule has 5 heteroatoms. The Bertz CT molecular complexity index is 396. The number of nitrogens with two attached hydrogens (primary N) is 1. The van der Waals surface area contributed by atoms with Crippen molar-refractivity contribution in [2.75, 3.05) is 6.54 Å². The summed E-state index contributed by atoms with van der Waals surface area (Å²) in [4.78, 5) is 15.9. The lowest BCUT2D eigenvalue weighted by Crippen LogP contribution is -2.46. The molecule has 0 spiro atoms. The van der Waals surface area contributed by atoms with E-state index in [1.807, 2.05) is 12.5 Å². The lowest BCUT2D eigenvalue weighted by molar-refractivity contribution is -0.122. The maximum atomic E-state index is 11.9. The van der Waals surface area contributed by atoms with Crippen molar-refractivity contribution < 1.29 is 4.79 Å². The summed E-state index contributed by atoms with van der Waals surface area (Å²) in [5.74, 6) is 0.108. The highest BCUT2D eigenvalue weighted by atomic mass is 16.1. The van der Waals surface area contributed by atoms with Crippen molar-refractivity contribution in [3.05, 3.63) is 18.7 Å². The number of hydrogen-bond acceptors (Lipinski definition) is 3. The molecule has 0 bridgehead atoms. The number of nitrogens with zero attached hydrogens (tertiary/aromatic N) is 2. The number of aromatic nitrogens is 2. The van der Waals surface area contributed by atoms with E-state index in [1.165, 1.54) is 6.42 Å². The molecule has 1 heterocycles. The van der Waals surface area contributed by atoms with Gasteiger partial charge < -0.3 is 15.6 Å². The second-order valence-corrected chi connectivity index (χ2v) is 5.96. The van der Waals surface area contributed by atoms with Crippen LogP contribution in [-0.4, -0.2) is 27.5 Å². The number of rotatable bonds is 7. The summed E-state index contributed by atoms with van der Waals surface area (Å²) in [5.41, 5.74) is 6.03. The minimum atomic E-state index is -0.251. The average molecular weight is 278 g/mol. The lowest BCUT2D eigenvalue weighted by atomic mass is 9.80. The third kappa shape index (κ3) is 4.96. The molecule has 2 rings (SSSR count). The van der Waals surface area contributed by atoms with E-state index in [0.29, 0.717) is 6.42 Å². The molecule has 1 fully saturated rings. The van der Waals surface area contributed by atoms with Crippen LogP contribution in [0.25, 0.3) is 0 Å². The first kappa shape index (κ1) is 15.0. The molecule has 1 saturated carbocycles. The molecule has 1 aromatic heterocycles. The molecule has 0 atom stereocenters. The topological polar surface area (TPSA) is 72.9 Å². The van der Waals surface area contributed by atoms with Crippen LogP contribution in [0.5, 0.6) is 0 Å². The largest absolute Gasteiger partial charge is 0.356 e. The van der Waals surface area contributed by atoms with Gasteiger partial charge in [-0.2, -0.15) is 0 Å². The molecule has 0 aromatic carbocycles. The summed E-state index contributed by atoms with van der Waals surface area (Å²) in [5, 5.41) is 2.99. The van der Waals surface area contributed by atoms with E-state index >= 15 is 0 Å². The number of carbonyl (C=O) groups excluding carboxylic acids is 1. The number of imidazole rings is 1. The molecule has 0 unspecified atom stereocenters. The van der Waals surface area contributed by atoms with Crippen LogP contribution in [0.2, 0.25) is 0 Å². The van der Waals surface area contributed by atoms with Crippen molar-refractivity contribution >= 4 is 5.91 Å². The minimum Gasteiger partial charge on any atom is -0.356 e. The Morgan fingerprint density at radius 3 is 2.80 bits per heavy atom. The van der Waals surface area contributed by atoms with Gasteiger partial charge in [-0.3, -0.25) is 4.79 Å². The van der Waals surface area contributed by atoms with Gasteiger partial charge in [0.2, 0.25) is 5.91 Å². The van der Waals surface area contributed by atoms with Gasteiger partial charge in [-0.25, -0.2) is 4.98 Å². The maximum Gasteiger partial charge on any atom is 0.221 e. The van der Waals surface area contributed by atoms with Crippen LogP contribution in [0.1, 0.15) is 51.4 Å². The molecule has 1 aromatic rings. The molecule has 3 N–H and O–H groups in total. The third-order valence-corrected chi connectivity index (χ3v) is 4.09. The molecular weight excluding hydrogens is 252 g/mol. The summed E-state index contributed by atoms with van der Waals surface area (Å²) < 4.78 is 2.05. The molecule has 0 saturated heterocycles. The fourth-order valence-electron chi connectivity index (χ4n) is 2.88. The SMILES string of the molecule is NC1(CC(=O)NCCCCn2ccnc2)CCCCC1. The van der Waals surface area contributed by atoms with Crippen molar-refractivity contribution in [1.29, 1.82) is 0 Å². The fraction of sp³-hybridized carbons (Fsp3) is 0.733. The molecule has 0 radical (unpaired) electrons. The Balaban J connectivity index is 1.55. The Kier molecular flexibility index (Phi) is 5.59. The quantitative estimate of drug-likeness (QED) is 0.747. The van der Waals surface area contributed by atoms with E-state index < -0.39 is 0 Å². The van der Waals surface area contributed by atoms with Crippen molar-refractivity contribution in [2.24, 2.45) is 5.73 Å². The molecule has 1 amide bonds. The first-order valence-corrected chi connectivity index (χ1v) is 7.69. The maximum absolute atomic E-state index is 11.9. The summed E-state index contributed by atoms with van der Waals surface area (Å²) in [6.07, 6.45) is 13.6. The summed E-state index contributed by atoms with van der Waals surface area (Å²) >= 11 is 0. The number of unbranched alkanes of at least 4 members (excludes halogenated alkanes) is 1. The zero-order chi connectivity index (χ0) is 14.3. The van der Waals surface area contributed by atoms with E-state index in [9.17, 15) is 4.79 Å². The van der Waals surface area contributed by atoms with Crippen molar-refractivity contribution in [2.45, 2.75) is 63.5 Å². The van der Waals surface area contributed by atoms with Crippen LogP contribution in [0.15, 0.2) is 18.7 Å². The molecule has 112 valence electrons. The van der Waals surface area contributed by atoms with E-state index in [1.54, 1.807) is 6.20 Å². The Morgan fingerprint density at radius 1 is 1.30 bits per heavy atom. The lowest BCUT2D eigenvalue weighted by Gasteiger charge is -2.32. The van der Waals surface area contributed by atoms with Crippen molar-refractivity contribution in [3.63, 3.8) is 0 Å². The molecule has 1 aliphatic rings. The Labute approximate surface area is 120 Å². The van der Waals surface area contributed by atoms with E-state index in [-0.39, 0.29) is 11.4 Å². The van der Waals surface area contributed by atoms with Gasteiger partial charge in [0.25, 0.3) is 0 Å². The van der Waals surface area contributed by atoms with Gasteiger partial charge in [-0.15, -0.1) is 0 Å². The zero-order valence-corrected chi connectivity index (χ0v) is 12.2. The van der Waals surface area contributed by atoms with Crippen LogP contribution < -0.4 is 11.1 Å². The van der Waals surface area contributed by atoms with Crippen molar-refractivity contribution in [3.8, 4) is 0 Å². The predicted molar refractivity (Wildman–Crippen MR) is 79.1 cm³/mol. The smallest absolute Gasteiger partial charge is 0.221 e. The van der Waals surface area contributed by atoms with Gasteiger partial charge in [-0.05, 0) is 25.7 Å². The highest BCUT2D eigenvalue weighted by Crippen LogP contribution is 2.28. The Hall–Kier alpha value is -1.36. The molecular formula is C15H26N4O. The van der Waals surface area contributed by atoms with Gasteiger partial charge in [0.1, 0.15) is 0 Å². The highest BCUT2D eigenvalue weighted by molar-refractivity contribution is 5.77. The van der Waals surface area contributed by atoms with Crippen molar-refractivity contribution in [1.82, 2.24) is 14.9 Å². The van der Waals surface area contributed by atoms with Crippen LogP contribution in [0.4, 0.5) is 0 Å². The van der Waals surface area contributed by atoms with E-state index in [2.05, 4.69) is 14.9 Å². The number of nitrogens with one attached hydrogen (secondary N) is 1. The van der Waals surface area contributed by atoms with Gasteiger partial charge >= 0.3 is 0 Å². The number of carbonyl (C=O) groups is 1. The summed E-state index contributed by atoms with van der Waals surface area (Å²) in [7, 11) is 0. The molecule has 1 aliphatic carbocycles. The number of hydrogen-bond donors (Lipinski definition) is 2. The van der Waals surface area contributed by atoms with Crippen LogP contribution >= 0.6 is 0 Å². The summed E-state index contributed by atoms with van der Waals surface area (Å²) in [6, 6.07) is 0. The normalized spacial score (nSPS) is 17.9. The van der Waals surface area contributed by atoms with E-state index in [0.717, 1.165) is 51.6 Å². The molecule has 5 nitrogen and oxygen atoms in total. The predicted octanol–water partition coefficient (Wildman–Crippen LogP) is 1.83. The van der Waals surface area contributed by atoms with E-state index in [4.69, 9.17) is 5.73 Å². The average Bonchev–Trinajstić information content (AvgIpc) is 2.91. The Morgan fingerprint density at radius 2 is 2.10 bits per heavy atom. The van der Waals surface area contributed by atoms with Gasteiger partial charge in [0, 0.05) is 37.4 Å². The highest BCUT2D eigenvalue weighted by Gasteiger charge is 2.29. The standard InChI is InChI=1S/C15H26N4O/c16-15(6-2-1-3-7-15)12-14(20)18-8-4-5-10-19-11-9-17-13-19/h9,11,13H,1-8,10,12,16H2,(H,18,20). The number of aryl methyl sites for hydroxylation is 1. The summed E-state index contributed by atoms with van der Waals surface area (Å²) in [6.45, 7) is 1.69. The minimum absolute atomic E-state index is 0.108. The van der Waals surface area contributed by atoms with Crippen LogP contribution in [0, 0.1) is 0 Å². The van der Waals surface area contributed by atoms with Gasteiger partial charge in [0.15, 0.2) is 0 Å². The van der Waals surface area contributed by atoms with Crippen LogP contribution in [0.3, 0.4) is 0 Å². The molecule has 20 heavy (non-hydrogen) atoms. The van der Waals surface area contributed by atoms with Gasteiger partial charge in [0.05, 0.1) is 6.33 Å². The molecule has 0 aliphatic heterocycles. The monoisotopic (exact) mass is 278 g/mol. The second-order valence-electron chi connectivity index (χ2n) is 5.96.